The number of nitrogens with one attached hydrogen (secondary N) is 1. The maximum atomic E-state index is 12.7. The van der Waals surface area contributed by atoms with Gasteiger partial charge in [0.25, 0.3) is 5.91 Å². The van der Waals surface area contributed by atoms with Crippen LogP contribution in [0.1, 0.15) is 26.3 Å². The fourth-order valence-corrected chi connectivity index (χ4v) is 4.53. The van der Waals surface area contributed by atoms with Crippen molar-refractivity contribution >= 4 is 40.1 Å². The van der Waals surface area contributed by atoms with Gasteiger partial charge < -0.3 is 4.74 Å². The van der Waals surface area contributed by atoms with Crippen LogP contribution in [-0.4, -0.2) is 35.2 Å². The molecule has 0 aliphatic carbocycles. The highest BCUT2D eigenvalue weighted by molar-refractivity contribution is 7.98. The zero-order valence-electron chi connectivity index (χ0n) is 18.2. The van der Waals surface area contributed by atoms with E-state index < -0.39 is 5.97 Å². The zero-order valence-corrected chi connectivity index (χ0v) is 19.9. The number of ether oxygens (including phenoxy) is 1. The third-order valence-electron chi connectivity index (χ3n) is 4.93. The number of nitriles is 1. The Balaban J connectivity index is 1.67. The Kier molecular flexibility index (Phi) is 7.01. The Labute approximate surface area is 204 Å². The van der Waals surface area contributed by atoms with Crippen molar-refractivity contribution in [1.82, 2.24) is 9.97 Å². The van der Waals surface area contributed by atoms with E-state index >= 15 is 0 Å². The SMILES string of the molecule is COC(=O)c1cc(-c2ccc(C#N)cc2)cc(-c2csc(NC(=O)c3cccnc3SC)n2)c1. The normalized spacial score (nSPS) is 10.4. The summed E-state index contributed by atoms with van der Waals surface area (Å²) in [5, 5.41) is 14.8. The molecule has 0 saturated carbocycles. The van der Waals surface area contributed by atoms with Crippen LogP contribution in [0.4, 0.5) is 5.13 Å². The first kappa shape index (κ1) is 23.2. The molecule has 0 radical (unpaired) electrons. The van der Waals surface area contributed by atoms with E-state index in [9.17, 15) is 9.59 Å². The number of methoxy groups -OCH3 is 1. The van der Waals surface area contributed by atoms with Gasteiger partial charge in [-0.05, 0) is 59.8 Å². The first-order chi connectivity index (χ1) is 16.5. The molecule has 0 fully saturated rings. The lowest BCUT2D eigenvalue weighted by atomic mass is 9.98. The van der Waals surface area contributed by atoms with E-state index in [1.54, 1.807) is 42.6 Å². The molecule has 7 nitrogen and oxygen atoms in total. The molecule has 34 heavy (non-hydrogen) atoms. The number of carbonyl (C=O) groups excluding carboxylic acids is 2. The Morgan fingerprint density at radius 2 is 1.85 bits per heavy atom. The van der Waals surface area contributed by atoms with Crippen molar-refractivity contribution in [1.29, 1.82) is 5.26 Å². The van der Waals surface area contributed by atoms with E-state index in [4.69, 9.17) is 10.00 Å². The molecule has 0 spiro atoms. The first-order valence-corrected chi connectivity index (χ1v) is 12.1. The molecule has 9 heteroatoms. The Morgan fingerprint density at radius 3 is 2.56 bits per heavy atom. The van der Waals surface area contributed by atoms with Gasteiger partial charge in [0, 0.05) is 17.1 Å². The third kappa shape index (κ3) is 4.98. The van der Waals surface area contributed by atoms with Gasteiger partial charge in [0.05, 0.1) is 35.6 Å². The number of anilines is 1. The number of thiazole rings is 1. The van der Waals surface area contributed by atoms with Crippen LogP contribution < -0.4 is 5.32 Å². The molecule has 0 unspecified atom stereocenters. The zero-order chi connectivity index (χ0) is 24.1. The molecule has 2 heterocycles. The number of carbonyl (C=O) groups is 2. The number of pyridine rings is 1. The monoisotopic (exact) mass is 486 g/mol. The fraction of sp³-hybridized carbons (Fsp3) is 0.0800. The maximum Gasteiger partial charge on any atom is 0.337 e. The molecule has 2 aromatic heterocycles. The lowest BCUT2D eigenvalue weighted by Crippen LogP contribution is -2.13. The molecule has 0 bridgehead atoms. The van der Waals surface area contributed by atoms with Crippen molar-refractivity contribution in [2.45, 2.75) is 5.03 Å². The third-order valence-corrected chi connectivity index (χ3v) is 6.40. The van der Waals surface area contributed by atoms with Crippen LogP contribution in [0.3, 0.4) is 0 Å². The average Bonchev–Trinajstić information content (AvgIpc) is 3.36. The van der Waals surface area contributed by atoms with Gasteiger partial charge in [-0.1, -0.05) is 12.1 Å². The molecule has 0 aliphatic rings. The summed E-state index contributed by atoms with van der Waals surface area (Å²) in [5.41, 5.74) is 4.32. The van der Waals surface area contributed by atoms with Crippen molar-refractivity contribution in [2.24, 2.45) is 0 Å². The fourth-order valence-electron chi connectivity index (χ4n) is 3.27. The summed E-state index contributed by atoms with van der Waals surface area (Å²) >= 11 is 2.68. The van der Waals surface area contributed by atoms with E-state index in [1.165, 1.54) is 30.2 Å². The van der Waals surface area contributed by atoms with Crippen LogP contribution in [0.5, 0.6) is 0 Å². The maximum absolute atomic E-state index is 12.7. The number of hydrogen-bond donors (Lipinski definition) is 1. The van der Waals surface area contributed by atoms with Gasteiger partial charge in [0.2, 0.25) is 0 Å². The van der Waals surface area contributed by atoms with Crippen LogP contribution in [-0.2, 0) is 4.74 Å². The Morgan fingerprint density at radius 1 is 1.09 bits per heavy atom. The molecular formula is C25H18N4O3S2. The number of aromatic nitrogens is 2. The van der Waals surface area contributed by atoms with Gasteiger partial charge in [-0.25, -0.2) is 14.8 Å². The van der Waals surface area contributed by atoms with Gasteiger partial charge in [-0.2, -0.15) is 5.26 Å². The van der Waals surface area contributed by atoms with Crippen LogP contribution in [0.2, 0.25) is 0 Å². The van der Waals surface area contributed by atoms with Gasteiger partial charge >= 0.3 is 5.97 Å². The second-order valence-corrected chi connectivity index (χ2v) is 8.69. The van der Waals surface area contributed by atoms with Crippen LogP contribution >= 0.6 is 23.1 Å². The highest BCUT2D eigenvalue weighted by Crippen LogP contribution is 2.31. The second-order valence-electron chi connectivity index (χ2n) is 7.03. The molecule has 1 amide bonds. The predicted molar refractivity (Wildman–Crippen MR) is 133 cm³/mol. The van der Waals surface area contributed by atoms with Crippen molar-refractivity contribution in [3.05, 3.63) is 82.9 Å². The van der Waals surface area contributed by atoms with Crippen molar-refractivity contribution < 1.29 is 14.3 Å². The number of amides is 1. The van der Waals surface area contributed by atoms with Crippen LogP contribution in [0.25, 0.3) is 22.4 Å². The minimum absolute atomic E-state index is 0.292. The van der Waals surface area contributed by atoms with Gasteiger partial charge in [0.1, 0.15) is 5.03 Å². The second kappa shape index (κ2) is 10.3. The topological polar surface area (TPSA) is 105 Å². The Hall–Kier alpha value is -4.00. The van der Waals surface area contributed by atoms with Crippen LogP contribution in [0, 0.1) is 11.3 Å². The van der Waals surface area contributed by atoms with E-state index in [-0.39, 0.29) is 5.91 Å². The summed E-state index contributed by atoms with van der Waals surface area (Å²) in [6, 6.07) is 17.9. The largest absolute Gasteiger partial charge is 0.465 e. The lowest BCUT2D eigenvalue weighted by molar-refractivity contribution is 0.0600. The average molecular weight is 487 g/mol. The highest BCUT2D eigenvalue weighted by Gasteiger charge is 2.16. The van der Waals surface area contributed by atoms with Crippen molar-refractivity contribution in [3.63, 3.8) is 0 Å². The summed E-state index contributed by atoms with van der Waals surface area (Å²) in [7, 11) is 1.33. The predicted octanol–water partition coefficient (Wildman–Crippen LogP) is 5.50. The van der Waals surface area contributed by atoms with E-state index in [0.29, 0.717) is 38.1 Å². The molecule has 4 aromatic rings. The number of esters is 1. The molecule has 0 atom stereocenters. The highest BCUT2D eigenvalue weighted by atomic mass is 32.2. The van der Waals surface area contributed by atoms with Gasteiger partial charge in [0.15, 0.2) is 5.13 Å². The molecule has 0 saturated heterocycles. The minimum Gasteiger partial charge on any atom is -0.465 e. The number of thioether (sulfide) groups is 1. The van der Waals surface area contributed by atoms with Crippen molar-refractivity contribution in [2.75, 3.05) is 18.7 Å². The van der Waals surface area contributed by atoms with Crippen molar-refractivity contribution in [3.8, 4) is 28.5 Å². The molecule has 0 aliphatic heterocycles. The lowest BCUT2D eigenvalue weighted by Gasteiger charge is -2.08. The summed E-state index contributed by atoms with van der Waals surface area (Å²) < 4.78 is 4.92. The number of hydrogen-bond acceptors (Lipinski definition) is 8. The molecule has 168 valence electrons. The minimum atomic E-state index is -0.471. The number of benzene rings is 2. The van der Waals surface area contributed by atoms with Gasteiger partial charge in [-0.3, -0.25) is 10.1 Å². The summed E-state index contributed by atoms with van der Waals surface area (Å²) in [6.45, 7) is 0. The number of nitrogens with zero attached hydrogens (tertiary/aromatic N) is 3. The summed E-state index contributed by atoms with van der Waals surface area (Å²) in [5.74, 6) is -0.762. The summed E-state index contributed by atoms with van der Waals surface area (Å²) in [6.07, 6.45) is 3.50. The van der Waals surface area contributed by atoms with Gasteiger partial charge in [-0.15, -0.1) is 23.1 Å². The van der Waals surface area contributed by atoms with E-state index in [0.717, 1.165) is 11.1 Å². The quantitative estimate of drug-likeness (QED) is 0.283. The molecule has 1 N–H and O–H groups in total. The number of rotatable bonds is 6. The standard InChI is InChI=1S/C25H18N4O3S2/c1-32-24(31)19-11-17(16-7-5-15(13-26)6-8-16)10-18(12-19)21-14-34-25(28-21)29-22(30)20-4-3-9-27-23(20)33-2/h3-12,14H,1-2H3,(H,28,29,30). The summed E-state index contributed by atoms with van der Waals surface area (Å²) in [4.78, 5) is 33.8. The Bertz CT molecular complexity index is 1410. The molecule has 2 aromatic carbocycles. The molecule has 4 rings (SSSR count). The van der Waals surface area contributed by atoms with E-state index in [2.05, 4.69) is 21.4 Å². The smallest absolute Gasteiger partial charge is 0.337 e. The first-order valence-electron chi connectivity index (χ1n) is 10.0. The van der Waals surface area contributed by atoms with Crippen LogP contribution in [0.15, 0.2) is 71.2 Å². The molecular weight excluding hydrogens is 468 g/mol. The van der Waals surface area contributed by atoms with E-state index in [1.807, 2.05) is 29.8 Å².